The number of pyridine rings is 1. The maximum atomic E-state index is 14.8. The number of halogens is 1. The van der Waals surface area contributed by atoms with Crippen molar-refractivity contribution in [3.05, 3.63) is 66.4 Å². The predicted octanol–water partition coefficient (Wildman–Crippen LogP) is 5.13. The van der Waals surface area contributed by atoms with Crippen molar-refractivity contribution in [3.63, 3.8) is 0 Å². The highest BCUT2D eigenvalue weighted by Gasteiger charge is 2.18. The Morgan fingerprint density at radius 3 is 2.66 bits per heavy atom. The zero-order valence-corrected chi connectivity index (χ0v) is 17.9. The average molecular weight is 429 g/mol. The number of imidazole rings is 1. The number of benzene rings is 1. The van der Waals surface area contributed by atoms with Gasteiger partial charge in [0.25, 0.3) is 0 Å². The van der Waals surface area contributed by atoms with Gasteiger partial charge in [0.05, 0.1) is 17.6 Å². The van der Waals surface area contributed by atoms with Gasteiger partial charge >= 0.3 is 0 Å². The number of hydrogen-bond donors (Lipinski definition) is 1. The van der Waals surface area contributed by atoms with E-state index < -0.39 is 0 Å². The molecule has 162 valence electrons. The third-order valence-corrected chi connectivity index (χ3v) is 6.10. The first-order chi connectivity index (χ1) is 15.6. The van der Waals surface area contributed by atoms with Crippen LogP contribution in [0.2, 0.25) is 0 Å². The topological polar surface area (TPSA) is 81.5 Å². The van der Waals surface area contributed by atoms with Gasteiger partial charge in [0, 0.05) is 36.3 Å². The molecule has 1 aromatic carbocycles. The quantitative estimate of drug-likeness (QED) is 0.457. The van der Waals surface area contributed by atoms with Crippen LogP contribution in [-0.4, -0.2) is 31.6 Å². The summed E-state index contributed by atoms with van der Waals surface area (Å²) in [6.45, 7) is 1.95. The molecule has 0 atom stereocenters. The summed E-state index contributed by atoms with van der Waals surface area (Å²) in [5.74, 6) is 0.522. The molecule has 0 unspecified atom stereocenters. The van der Waals surface area contributed by atoms with Gasteiger partial charge in [-0.2, -0.15) is 0 Å². The third-order valence-electron chi connectivity index (χ3n) is 6.10. The molecule has 32 heavy (non-hydrogen) atoms. The molecule has 1 saturated carbocycles. The van der Waals surface area contributed by atoms with Gasteiger partial charge in [0.15, 0.2) is 0 Å². The smallest absolute Gasteiger partial charge is 0.249 e. The van der Waals surface area contributed by atoms with Crippen molar-refractivity contribution in [1.29, 1.82) is 0 Å². The summed E-state index contributed by atoms with van der Waals surface area (Å²) in [5.41, 5.74) is 10.3. The summed E-state index contributed by atoms with van der Waals surface area (Å²) in [6.07, 6.45) is 11.4. The molecule has 2 N–H and O–H groups in total. The van der Waals surface area contributed by atoms with Crippen molar-refractivity contribution in [2.75, 3.05) is 0 Å². The Bertz CT molecular complexity index is 1270. The molecule has 1 aliphatic carbocycles. The molecule has 0 spiro atoms. The molecular weight excluding hydrogens is 403 g/mol. The molecule has 0 aliphatic heterocycles. The first kappa shape index (κ1) is 20.5. The summed E-state index contributed by atoms with van der Waals surface area (Å²) >= 11 is 0. The second-order valence-corrected chi connectivity index (χ2v) is 8.43. The van der Waals surface area contributed by atoms with Gasteiger partial charge in [0.2, 0.25) is 5.95 Å². The molecule has 0 bridgehead atoms. The summed E-state index contributed by atoms with van der Waals surface area (Å²) in [7, 11) is 0. The molecule has 5 rings (SSSR count). The molecule has 0 radical (unpaired) electrons. The summed E-state index contributed by atoms with van der Waals surface area (Å²) in [6, 6.07) is 11.2. The molecule has 1 fully saturated rings. The fourth-order valence-corrected chi connectivity index (χ4v) is 4.23. The largest absolute Gasteiger partial charge is 0.328 e. The monoisotopic (exact) mass is 428 g/mol. The fourth-order valence-electron chi connectivity index (χ4n) is 4.23. The van der Waals surface area contributed by atoms with E-state index in [0.29, 0.717) is 29.1 Å². The molecule has 3 heterocycles. The van der Waals surface area contributed by atoms with Gasteiger partial charge in [-0.3, -0.25) is 4.40 Å². The Morgan fingerprint density at radius 1 is 1.09 bits per heavy atom. The van der Waals surface area contributed by atoms with Crippen LogP contribution in [0.15, 0.2) is 60.0 Å². The maximum absolute atomic E-state index is 14.8. The van der Waals surface area contributed by atoms with E-state index in [4.69, 9.17) is 10.7 Å². The molecule has 6 nitrogen and oxygen atoms in total. The highest BCUT2D eigenvalue weighted by Crippen LogP contribution is 2.29. The number of fused-ring (bicyclic) bond motifs is 1. The normalized spacial score (nSPS) is 19.1. The SMILES string of the molecule is Cc1cnc(/N=C/C2CCC(N)CC2)nc1-c1cnc2cc(F)c(-c3ccccc3)cn12. The third kappa shape index (κ3) is 4.03. The molecule has 7 heteroatoms. The lowest BCUT2D eigenvalue weighted by Crippen LogP contribution is -2.26. The van der Waals surface area contributed by atoms with E-state index in [1.165, 1.54) is 6.07 Å². The van der Waals surface area contributed by atoms with Crippen LogP contribution in [0.1, 0.15) is 31.2 Å². The van der Waals surface area contributed by atoms with Crippen LogP contribution in [0.25, 0.3) is 28.2 Å². The van der Waals surface area contributed by atoms with Crippen molar-refractivity contribution < 1.29 is 4.39 Å². The first-order valence-electron chi connectivity index (χ1n) is 10.9. The van der Waals surface area contributed by atoms with Crippen LogP contribution in [0.4, 0.5) is 10.3 Å². The zero-order valence-electron chi connectivity index (χ0n) is 17.9. The van der Waals surface area contributed by atoms with Gasteiger partial charge in [-0.05, 0) is 49.7 Å². The van der Waals surface area contributed by atoms with Gasteiger partial charge in [0.1, 0.15) is 11.5 Å². The number of aryl methyl sites for hydroxylation is 1. The number of nitrogens with two attached hydrogens (primary N) is 1. The van der Waals surface area contributed by atoms with Gasteiger partial charge < -0.3 is 5.73 Å². The van der Waals surface area contributed by atoms with Gasteiger partial charge in [-0.25, -0.2) is 24.3 Å². The zero-order chi connectivity index (χ0) is 22.1. The van der Waals surface area contributed by atoms with Gasteiger partial charge in [-0.15, -0.1) is 0 Å². The average Bonchev–Trinajstić information content (AvgIpc) is 3.22. The molecule has 0 saturated heterocycles. The van der Waals surface area contributed by atoms with Crippen molar-refractivity contribution in [3.8, 4) is 22.5 Å². The Hall–Kier alpha value is -3.45. The summed E-state index contributed by atoms with van der Waals surface area (Å²) in [4.78, 5) is 18.0. The van der Waals surface area contributed by atoms with E-state index in [-0.39, 0.29) is 5.82 Å². The Kier molecular flexibility index (Phi) is 5.49. The minimum atomic E-state index is -0.308. The lowest BCUT2D eigenvalue weighted by atomic mass is 9.87. The standard InChI is InChI=1S/C25H25FN6/c1-16-12-29-25(30-13-17-7-9-19(27)10-8-17)31-24(16)22-14-28-23-11-21(26)20(15-32(22)23)18-5-3-2-4-6-18/h2-6,11-15,17,19H,7-10,27H2,1H3/b30-13+. The number of rotatable bonds is 4. The van der Waals surface area contributed by atoms with E-state index >= 15 is 0 Å². The summed E-state index contributed by atoms with van der Waals surface area (Å²) in [5, 5.41) is 0. The summed E-state index contributed by atoms with van der Waals surface area (Å²) < 4.78 is 16.6. The van der Waals surface area contributed by atoms with Crippen LogP contribution >= 0.6 is 0 Å². The maximum Gasteiger partial charge on any atom is 0.249 e. The first-order valence-corrected chi connectivity index (χ1v) is 10.9. The van der Waals surface area contributed by atoms with Crippen LogP contribution in [0, 0.1) is 18.7 Å². The van der Waals surface area contributed by atoms with Crippen molar-refractivity contribution in [1.82, 2.24) is 19.4 Å². The van der Waals surface area contributed by atoms with E-state index in [1.54, 1.807) is 18.6 Å². The number of aromatic nitrogens is 4. The number of nitrogens with zero attached hydrogens (tertiary/aromatic N) is 5. The highest BCUT2D eigenvalue weighted by atomic mass is 19.1. The fraction of sp³-hybridized carbons (Fsp3) is 0.280. The van der Waals surface area contributed by atoms with E-state index in [0.717, 1.165) is 48.2 Å². The van der Waals surface area contributed by atoms with Crippen LogP contribution < -0.4 is 5.73 Å². The van der Waals surface area contributed by atoms with Crippen LogP contribution in [0.3, 0.4) is 0 Å². The minimum Gasteiger partial charge on any atom is -0.328 e. The second kappa shape index (κ2) is 8.59. The molecule has 1 aliphatic rings. The highest BCUT2D eigenvalue weighted by molar-refractivity contribution is 5.70. The van der Waals surface area contributed by atoms with Crippen LogP contribution in [0.5, 0.6) is 0 Å². The number of hydrogen-bond acceptors (Lipinski definition) is 5. The Morgan fingerprint density at radius 2 is 1.88 bits per heavy atom. The van der Waals surface area contributed by atoms with Crippen molar-refractivity contribution in [2.45, 2.75) is 38.6 Å². The molecular formula is C25H25FN6. The number of aliphatic imine (C=N–C) groups is 1. The van der Waals surface area contributed by atoms with E-state index in [1.807, 2.05) is 47.9 Å². The van der Waals surface area contributed by atoms with Gasteiger partial charge in [-0.1, -0.05) is 30.3 Å². The van der Waals surface area contributed by atoms with E-state index in [2.05, 4.69) is 15.0 Å². The molecule has 0 amide bonds. The van der Waals surface area contributed by atoms with Crippen molar-refractivity contribution >= 4 is 17.8 Å². The lowest BCUT2D eigenvalue weighted by Gasteiger charge is -2.22. The van der Waals surface area contributed by atoms with E-state index in [9.17, 15) is 4.39 Å². The second-order valence-electron chi connectivity index (χ2n) is 8.43. The molecule has 3 aromatic heterocycles. The van der Waals surface area contributed by atoms with Crippen molar-refractivity contribution in [2.24, 2.45) is 16.6 Å². The lowest BCUT2D eigenvalue weighted by molar-refractivity contribution is 0.396. The molecule has 4 aromatic rings. The Labute approximate surface area is 186 Å². The Balaban J connectivity index is 1.51. The minimum absolute atomic E-state index is 0.308. The van der Waals surface area contributed by atoms with Crippen LogP contribution in [-0.2, 0) is 0 Å². The predicted molar refractivity (Wildman–Crippen MR) is 124 cm³/mol.